The normalized spacial score (nSPS) is 15.9. The summed E-state index contributed by atoms with van der Waals surface area (Å²) in [4.78, 5) is 8.04. The molecule has 0 unspecified atom stereocenters. The van der Waals surface area contributed by atoms with Crippen molar-refractivity contribution in [3.8, 4) is 11.6 Å². The van der Waals surface area contributed by atoms with Crippen LogP contribution in [0.4, 0.5) is 32.3 Å². The SMILES string of the molecule is FC(F)(F)c1cccc(C2(Nc3nccc(-c4nnc(C(F)(F)F)o4)n3)CC2)c1. The predicted octanol–water partition coefficient (Wildman–Crippen LogP) is 4.67. The van der Waals surface area contributed by atoms with E-state index in [0.717, 1.165) is 12.1 Å². The van der Waals surface area contributed by atoms with Crippen molar-refractivity contribution >= 4 is 5.95 Å². The third-order valence-corrected chi connectivity index (χ3v) is 4.39. The van der Waals surface area contributed by atoms with Gasteiger partial charge in [0.1, 0.15) is 5.69 Å². The standard InChI is InChI=1S/C17H11F6N5O/c18-16(19,20)10-3-1-2-9(8-10)15(5-6-15)26-14-24-7-4-11(25-14)12-27-28-13(29-12)17(21,22)23/h1-4,7-8H,5-6H2,(H,24,25,26). The van der Waals surface area contributed by atoms with Crippen molar-refractivity contribution < 1.29 is 30.8 Å². The van der Waals surface area contributed by atoms with E-state index in [4.69, 9.17) is 0 Å². The van der Waals surface area contributed by atoms with Gasteiger partial charge in [-0.1, -0.05) is 12.1 Å². The molecule has 0 spiro atoms. The summed E-state index contributed by atoms with van der Waals surface area (Å²) >= 11 is 0. The number of nitrogens with zero attached hydrogens (tertiary/aromatic N) is 4. The summed E-state index contributed by atoms with van der Waals surface area (Å²) in [5.41, 5.74) is -1.20. The molecule has 1 fully saturated rings. The fourth-order valence-electron chi connectivity index (χ4n) is 2.80. The number of aromatic nitrogens is 4. The van der Waals surface area contributed by atoms with Gasteiger partial charge in [-0.15, -0.1) is 10.2 Å². The topological polar surface area (TPSA) is 76.7 Å². The molecule has 29 heavy (non-hydrogen) atoms. The van der Waals surface area contributed by atoms with E-state index in [9.17, 15) is 26.3 Å². The van der Waals surface area contributed by atoms with Crippen molar-refractivity contribution in [1.82, 2.24) is 20.2 Å². The molecule has 1 aromatic carbocycles. The van der Waals surface area contributed by atoms with E-state index in [1.165, 1.54) is 18.3 Å². The fourth-order valence-corrected chi connectivity index (χ4v) is 2.80. The average Bonchev–Trinajstić information content (AvgIpc) is 3.24. The van der Waals surface area contributed by atoms with E-state index in [-0.39, 0.29) is 11.6 Å². The Bertz CT molecular complexity index is 1040. The maximum absolute atomic E-state index is 13.0. The summed E-state index contributed by atoms with van der Waals surface area (Å²) in [6.45, 7) is 0. The van der Waals surface area contributed by atoms with Gasteiger partial charge >= 0.3 is 18.2 Å². The van der Waals surface area contributed by atoms with Gasteiger partial charge in [0.05, 0.1) is 11.1 Å². The van der Waals surface area contributed by atoms with Crippen LogP contribution in [0.15, 0.2) is 40.9 Å². The minimum atomic E-state index is -4.79. The molecule has 12 heteroatoms. The number of rotatable bonds is 4. The first-order chi connectivity index (χ1) is 13.6. The summed E-state index contributed by atoms with van der Waals surface area (Å²) in [5, 5.41) is 9.22. The number of alkyl halides is 6. The molecule has 0 saturated heterocycles. The molecular weight excluding hydrogens is 404 g/mol. The van der Waals surface area contributed by atoms with Gasteiger partial charge in [-0.05, 0) is 36.6 Å². The Balaban J connectivity index is 1.59. The van der Waals surface area contributed by atoms with Crippen molar-refractivity contribution in [2.75, 3.05) is 5.32 Å². The minimum absolute atomic E-state index is 0.0178. The number of halogens is 6. The highest BCUT2D eigenvalue weighted by atomic mass is 19.4. The molecule has 0 bridgehead atoms. The molecule has 1 saturated carbocycles. The Labute approximate surface area is 159 Å². The monoisotopic (exact) mass is 415 g/mol. The molecule has 152 valence electrons. The summed E-state index contributed by atoms with van der Waals surface area (Å²) in [6, 6.07) is 6.19. The Kier molecular flexibility index (Phi) is 4.24. The number of anilines is 1. The highest BCUT2D eigenvalue weighted by Gasteiger charge is 2.46. The second-order valence-corrected chi connectivity index (χ2v) is 6.46. The van der Waals surface area contributed by atoms with Crippen molar-refractivity contribution in [1.29, 1.82) is 0 Å². The van der Waals surface area contributed by atoms with E-state index in [1.807, 2.05) is 0 Å². The van der Waals surface area contributed by atoms with E-state index in [1.54, 1.807) is 6.07 Å². The molecule has 6 nitrogen and oxygen atoms in total. The molecule has 0 atom stereocenters. The predicted molar refractivity (Wildman–Crippen MR) is 86.3 cm³/mol. The van der Waals surface area contributed by atoms with Crippen molar-refractivity contribution in [3.05, 3.63) is 53.5 Å². The van der Waals surface area contributed by atoms with Gasteiger partial charge in [-0.2, -0.15) is 26.3 Å². The fraction of sp³-hybridized carbons (Fsp3) is 0.294. The zero-order valence-electron chi connectivity index (χ0n) is 14.3. The molecule has 2 heterocycles. The lowest BCUT2D eigenvalue weighted by Gasteiger charge is -2.19. The van der Waals surface area contributed by atoms with Crippen LogP contribution >= 0.6 is 0 Å². The first-order valence-corrected chi connectivity index (χ1v) is 8.27. The van der Waals surface area contributed by atoms with Crippen molar-refractivity contribution in [3.63, 3.8) is 0 Å². The zero-order chi connectivity index (χ0) is 20.9. The number of benzene rings is 1. The first-order valence-electron chi connectivity index (χ1n) is 8.27. The summed E-state index contributed by atoms with van der Waals surface area (Å²) in [6.07, 6.45) is -6.91. The lowest BCUT2D eigenvalue weighted by atomic mass is 10.0. The van der Waals surface area contributed by atoms with Gasteiger partial charge in [-0.3, -0.25) is 0 Å². The van der Waals surface area contributed by atoms with E-state index >= 15 is 0 Å². The minimum Gasteiger partial charge on any atom is -0.411 e. The van der Waals surface area contributed by atoms with Crippen LogP contribution in [0.25, 0.3) is 11.6 Å². The van der Waals surface area contributed by atoms with Gasteiger partial charge in [0.15, 0.2) is 0 Å². The summed E-state index contributed by atoms with van der Waals surface area (Å²) in [7, 11) is 0. The molecule has 0 radical (unpaired) electrons. The number of hydrogen-bond acceptors (Lipinski definition) is 6. The molecule has 0 aliphatic heterocycles. The molecule has 4 rings (SSSR count). The summed E-state index contributed by atoms with van der Waals surface area (Å²) < 4.78 is 81.4. The van der Waals surface area contributed by atoms with E-state index in [0.29, 0.717) is 18.4 Å². The van der Waals surface area contributed by atoms with Crippen LogP contribution in [0.2, 0.25) is 0 Å². The van der Waals surface area contributed by atoms with Crippen LogP contribution in [0, 0.1) is 0 Å². The van der Waals surface area contributed by atoms with Gasteiger partial charge in [0.2, 0.25) is 5.95 Å². The lowest BCUT2D eigenvalue weighted by molar-refractivity contribution is -0.157. The van der Waals surface area contributed by atoms with E-state index < -0.39 is 35.2 Å². The van der Waals surface area contributed by atoms with Crippen LogP contribution in [-0.4, -0.2) is 20.2 Å². The molecule has 1 N–H and O–H groups in total. The number of hydrogen-bond donors (Lipinski definition) is 1. The second kappa shape index (κ2) is 6.42. The zero-order valence-corrected chi connectivity index (χ0v) is 14.3. The maximum atomic E-state index is 13.0. The second-order valence-electron chi connectivity index (χ2n) is 6.46. The Morgan fingerprint density at radius 2 is 1.72 bits per heavy atom. The third kappa shape index (κ3) is 3.87. The quantitative estimate of drug-likeness (QED) is 0.625. The molecule has 2 aromatic heterocycles. The Hall–Kier alpha value is -3.18. The van der Waals surface area contributed by atoms with Gasteiger partial charge in [-0.25, -0.2) is 9.97 Å². The highest BCUT2D eigenvalue weighted by molar-refractivity contribution is 5.50. The molecule has 3 aromatic rings. The van der Waals surface area contributed by atoms with Crippen LogP contribution < -0.4 is 5.32 Å². The van der Waals surface area contributed by atoms with Crippen molar-refractivity contribution in [2.24, 2.45) is 0 Å². The maximum Gasteiger partial charge on any atom is 0.470 e. The van der Waals surface area contributed by atoms with Crippen LogP contribution in [0.3, 0.4) is 0 Å². The smallest absolute Gasteiger partial charge is 0.411 e. The van der Waals surface area contributed by atoms with Crippen LogP contribution in [0.5, 0.6) is 0 Å². The Morgan fingerprint density at radius 1 is 0.966 bits per heavy atom. The van der Waals surface area contributed by atoms with Gasteiger partial charge < -0.3 is 9.73 Å². The van der Waals surface area contributed by atoms with Crippen LogP contribution in [-0.2, 0) is 17.9 Å². The average molecular weight is 415 g/mol. The Morgan fingerprint density at radius 3 is 2.34 bits per heavy atom. The summed E-state index contributed by atoms with van der Waals surface area (Å²) in [5.74, 6) is -1.95. The lowest BCUT2D eigenvalue weighted by Crippen LogP contribution is -2.21. The van der Waals surface area contributed by atoms with Gasteiger partial charge in [0, 0.05) is 6.20 Å². The molecular formula is C17H11F6N5O. The van der Waals surface area contributed by atoms with Crippen LogP contribution in [0.1, 0.15) is 29.9 Å². The largest absolute Gasteiger partial charge is 0.470 e. The van der Waals surface area contributed by atoms with Gasteiger partial charge in [0.25, 0.3) is 5.89 Å². The van der Waals surface area contributed by atoms with Crippen molar-refractivity contribution in [2.45, 2.75) is 30.7 Å². The number of nitrogens with one attached hydrogen (secondary N) is 1. The molecule has 1 aliphatic rings. The highest BCUT2D eigenvalue weighted by Crippen LogP contribution is 2.48. The molecule has 1 aliphatic carbocycles. The van der Waals surface area contributed by atoms with E-state index in [2.05, 4.69) is 29.9 Å². The molecule has 0 amide bonds. The first kappa shape index (κ1) is 19.2. The third-order valence-electron chi connectivity index (χ3n) is 4.39.